The van der Waals surface area contributed by atoms with E-state index in [2.05, 4.69) is 36.4 Å². The van der Waals surface area contributed by atoms with Gasteiger partial charge in [-0.3, -0.25) is 0 Å². The molecule has 1 unspecified atom stereocenters. The maximum absolute atomic E-state index is 5.94. The van der Waals surface area contributed by atoms with Crippen molar-refractivity contribution in [2.24, 2.45) is 5.73 Å². The predicted octanol–water partition coefficient (Wildman–Crippen LogP) is 3.37. The zero-order chi connectivity index (χ0) is 13.5. The van der Waals surface area contributed by atoms with E-state index in [0.29, 0.717) is 19.1 Å². The molecule has 0 aliphatic heterocycles. The number of hydrogen-bond donors (Lipinski definition) is 1. The average molecular weight is 255 g/mol. The first kappa shape index (κ1) is 13.6. The van der Waals surface area contributed by atoms with Gasteiger partial charge >= 0.3 is 0 Å². The summed E-state index contributed by atoms with van der Waals surface area (Å²) in [5.41, 5.74) is 8.45. The number of hydrogen-bond acceptors (Lipinski definition) is 2. The van der Waals surface area contributed by atoms with Crippen molar-refractivity contribution in [2.75, 3.05) is 13.2 Å². The summed E-state index contributed by atoms with van der Waals surface area (Å²) in [5.74, 6) is 1.31. The summed E-state index contributed by atoms with van der Waals surface area (Å²) in [7, 11) is 0. The van der Waals surface area contributed by atoms with E-state index >= 15 is 0 Å². The second-order valence-corrected chi connectivity index (χ2v) is 4.59. The Morgan fingerprint density at radius 2 is 1.68 bits per heavy atom. The van der Waals surface area contributed by atoms with Crippen LogP contribution in [0.1, 0.15) is 24.0 Å². The fourth-order valence-corrected chi connectivity index (χ4v) is 2.30. The summed E-state index contributed by atoms with van der Waals surface area (Å²) < 4.78 is 5.68. The standard InChI is InChI=1S/C17H21NO/c1-2-19-17-11-7-6-10-15(17)12-16(13-18)14-8-4-3-5-9-14/h3-11,16H,2,12-13,18H2,1H3. The van der Waals surface area contributed by atoms with E-state index in [0.717, 1.165) is 12.2 Å². The zero-order valence-corrected chi connectivity index (χ0v) is 11.4. The summed E-state index contributed by atoms with van der Waals surface area (Å²) in [4.78, 5) is 0. The van der Waals surface area contributed by atoms with Crippen LogP contribution in [-0.2, 0) is 6.42 Å². The molecule has 100 valence electrons. The molecule has 0 aliphatic carbocycles. The van der Waals surface area contributed by atoms with Crippen molar-refractivity contribution >= 4 is 0 Å². The quantitative estimate of drug-likeness (QED) is 0.859. The third-order valence-electron chi connectivity index (χ3n) is 3.29. The van der Waals surface area contributed by atoms with Crippen molar-refractivity contribution < 1.29 is 4.74 Å². The monoisotopic (exact) mass is 255 g/mol. The highest BCUT2D eigenvalue weighted by Crippen LogP contribution is 2.26. The molecule has 0 amide bonds. The van der Waals surface area contributed by atoms with Crippen molar-refractivity contribution in [3.05, 3.63) is 65.7 Å². The van der Waals surface area contributed by atoms with E-state index in [1.54, 1.807) is 0 Å². The molecule has 0 heterocycles. The van der Waals surface area contributed by atoms with E-state index in [9.17, 15) is 0 Å². The van der Waals surface area contributed by atoms with Gasteiger partial charge in [-0.25, -0.2) is 0 Å². The lowest BCUT2D eigenvalue weighted by Crippen LogP contribution is -2.15. The van der Waals surface area contributed by atoms with Crippen LogP contribution in [0.4, 0.5) is 0 Å². The molecule has 2 nitrogen and oxygen atoms in total. The minimum absolute atomic E-state index is 0.336. The molecule has 0 aromatic heterocycles. The van der Waals surface area contributed by atoms with Gasteiger partial charge in [0.2, 0.25) is 0 Å². The molecular weight excluding hydrogens is 234 g/mol. The topological polar surface area (TPSA) is 35.2 Å². The Labute approximate surface area is 115 Å². The molecule has 0 saturated heterocycles. The molecule has 1 atom stereocenters. The van der Waals surface area contributed by atoms with Crippen LogP contribution < -0.4 is 10.5 Å². The van der Waals surface area contributed by atoms with Crippen LogP contribution in [0.3, 0.4) is 0 Å². The van der Waals surface area contributed by atoms with Crippen molar-refractivity contribution in [1.82, 2.24) is 0 Å². The smallest absolute Gasteiger partial charge is 0.122 e. The van der Waals surface area contributed by atoms with Gasteiger partial charge < -0.3 is 10.5 Å². The van der Waals surface area contributed by atoms with Crippen molar-refractivity contribution in [3.63, 3.8) is 0 Å². The van der Waals surface area contributed by atoms with Gasteiger partial charge in [0.1, 0.15) is 5.75 Å². The fourth-order valence-electron chi connectivity index (χ4n) is 2.30. The minimum Gasteiger partial charge on any atom is -0.494 e. The van der Waals surface area contributed by atoms with Crippen LogP contribution >= 0.6 is 0 Å². The molecule has 0 fully saturated rings. The van der Waals surface area contributed by atoms with E-state index in [1.807, 2.05) is 25.1 Å². The Kier molecular flexibility index (Phi) is 4.99. The number of nitrogens with two attached hydrogens (primary N) is 1. The molecule has 0 aliphatic rings. The molecule has 2 heteroatoms. The molecule has 2 aromatic rings. The SMILES string of the molecule is CCOc1ccccc1CC(CN)c1ccccc1. The Morgan fingerprint density at radius 3 is 2.37 bits per heavy atom. The van der Waals surface area contributed by atoms with E-state index in [1.165, 1.54) is 11.1 Å². The van der Waals surface area contributed by atoms with Gasteiger partial charge in [0.05, 0.1) is 6.61 Å². The van der Waals surface area contributed by atoms with Crippen LogP contribution in [0, 0.1) is 0 Å². The Bertz CT molecular complexity index is 496. The lowest BCUT2D eigenvalue weighted by Gasteiger charge is -2.17. The number of para-hydroxylation sites is 1. The first-order valence-electron chi connectivity index (χ1n) is 6.80. The summed E-state index contributed by atoms with van der Waals surface area (Å²) in [6.45, 7) is 3.34. The van der Waals surface area contributed by atoms with Gasteiger partial charge in [0.15, 0.2) is 0 Å². The highest BCUT2D eigenvalue weighted by Gasteiger charge is 2.13. The van der Waals surface area contributed by atoms with Gasteiger partial charge in [0, 0.05) is 5.92 Å². The molecular formula is C17H21NO. The van der Waals surface area contributed by atoms with Crippen LogP contribution in [0.25, 0.3) is 0 Å². The van der Waals surface area contributed by atoms with Crippen molar-refractivity contribution in [1.29, 1.82) is 0 Å². The third kappa shape index (κ3) is 3.58. The van der Waals surface area contributed by atoms with Crippen molar-refractivity contribution in [2.45, 2.75) is 19.3 Å². The Balaban J connectivity index is 2.19. The lowest BCUT2D eigenvalue weighted by atomic mass is 9.92. The maximum Gasteiger partial charge on any atom is 0.122 e. The fraction of sp³-hybridized carbons (Fsp3) is 0.294. The van der Waals surface area contributed by atoms with E-state index in [4.69, 9.17) is 10.5 Å². The molecule has 2 aromatic carbocycles. The number of rotatable bonds is 6. The van der Waals surface area contributed by atoms with E-state index in [-0.39, 0.29) is 0 Å². The van der Waals surface area contributed by atoms with Gasteiger partial charge in [0.25, 0.3) is 0 Å². The second-order valence-electron chi connectivity index (χ2n) is 4.59. The van der Waals surface area contributed by atoms with Crippen LogP contribution in [0.15, 0.2) is 54.6 Å². The van der Waals surface area contributed by atoms with Crippen molar-refractivity contribution in [3.8, 4) is 5.75 Å². The Morgan fingerprint density at radius 1 is 1.00 bits per heavy atom. The molecule has 2 rings (SSSR count). The predicted molar refractivity (Wildman–Crippen MR) is 79.6 cm³/mol. The number of ether oxygens (including phenoxy) is 1. The molecule has 0 saturated carbocycles. The minimum atomic E-state index is 0.336. The van der Waals surface area contributed by atoms with Crippen LogP contribution in [-0.4, -0.2) is 13.2 Å². The summed E-state index contributed by atoms with van der Waals surface area (Å²) >= 11 is 0. The number of benzene rings is 2. The van der Waals surface area contributed by atoms with Gasteiger partial charge in [-0.2, -0.15) is 0 Å². The molecule has 0 bridgehead atoms. The highest BCUT2D eigenvalue weighted by molar-refractivity contribution is 5.35. The average Bonchev–Trinajstić information content (AvgIpc) is 2.47. The maximum atomic E-state index is 5.94. The zero-order valence-electron chi connectivity index (χ0n) is 11.4. The summed E-state index contributed by atoms with van der Waals surface area (Å²) in [6.07, 6.45) is 0.913. The summed E-state index contributed by atoms with van der Waals surface area (Å²) in [6, 6.07) is 18.6. The molecule has 0 radical (unpaired) electrons. The second kappa shape index (κ2) is 6.95. The first-order chi connectivity index (χ1) is 9.35. The van der Waals surface area contributed by atoms with Gasteiger partial charge in [-0.15, -0.1) is 0 Å². The van der Waals surface area contributed by atoms with Gasteiger partial charge in [-0.1, -0.05) is 48.5 Å². The lowest BCUT2D eigenvalue weighted by molar-refractivity contribution is 0.335. The van der Waals surface area contributed by atoms with Crippen LogP contribution in [0.2, 0.25) is 0 Å². The molecule has 2 N–H and O–H groups in total. The largest absolute Gasteiger partial charge is 0.494 e. The first-order valence-corrected chi connectivity index (χ1v) is 6.80. The molecule has 19 heavy (non-hydrogen) atoms. The third-order valence-corrected chi connectivity index (χ3v) is 3.29. The highest BCUT2D eigenvalue weighted by atomic mass is 16.5. The normalized spacial score (nSPS) is 12.1. The Hall–Kier alpha value is -1.80. The van der Waals surface area contributed by atoms with E-state index < -0.39 is 0 Å². The molecule has 0 spiro atoms. The van der Waals surface area contributed by atoms with Gasteiger partial charge in [-0.05, 0) is 37.1 Å². The summed E-state index contributed by atoms with van der Waals surface area (Å²) in [5, 5.41) is 0. The van der Waals surface area contributed by atoms with Crippen LogP contribution in [0.5, 0.6) is 5.75 Å².